The van der Waals surface area contributed by atoms with Crippen molar-refractivity contribution in [2.45, 2.75) is 13.5 Å². The first-order chi connectivity index (χ1) is 14.2. The summed E-state index contributed by atoms with van der Waals surface area (Å²) in [5, 5.41) is 11.8. The highest BCUT2D eigenvalue weighted by Gasteiger charge is 2.21. The van der Waals surface area contributed by atoms with Crippen LogP contribution in [0.5, 0.6) is 0 Å². The molecule has 0 aliphatic carbocycles. The maximum atomic E-state index is 12.9. The smallest absolute Gasteiger partial charge is 0.357 e. The Balaban J connectivity index is 1.65. The van der Waals surface area contributed by atoms with Crippen molar-refractivity contribution in [1.29, 1.82) is 0 Å². The van der Waals surface area contributed by atoms with Crippen LogP contribution in [0, 0.1) is 6.92 Å². The van der Waals surface area contributed by atoms with Crippen LogP contribution in [-0.2, 0) is 16.1 Å². The number of rotatable bonds is 6. The molecule has 2 aromatic carbocycles. The minimum absolute atomic E-state index is 0.136. The van der Waals surface area contributed by atoms with Gasteiger partial charge in [0, 0.05) is 11.6 Å². The summed E-state index contributed by atoms with van der Waals surface area (Å²) in [5.41, 5.74) is 2.95. The molecule has 0 radical (unpaired) electrons. The molecule has 0 N–H and O–H groups in total. The van der Waals surface area contributed by atoms with Crippen molar-refractivity contribution < 1.29 is 13.9 Å². The topological polar surface area (TPSA) is 83.0 Å². The average Bonchev–Trinajstić information content (AvgIpc) is 3.44. The lowest BCUT2D eigenvalue weighted by Gasteiger charge is -2.10. The summed E-state index contributed by atoms with van der Waals surface area (Å²) in [5.74, 6) is 0.351. The molecule has 4 aromatic rings. The van der Waals surface area contributed by atoms with Gasteiger partial charge in [-0.2, -0.15) is 4.68 Å². The van der Waals surface area contributed by atoms with Gasteiger partial charge in [-0.15, -0.1) is 5.10 Å². The number of benzene rings is 2. The summed E-state index contributed by atoms with van der Waals surface area (Å²) in [7, 11) is 0. The molecule has 29 heavy (non-hydrogen) atoms. The summed E-state index contributed by atoms with van der Waals surface area (Å²) in [4.78, 5) is 12.9. The first kappa shape index (κ1) is 18.4. The van der Waals surface area contributed by atoms with Crippen LogP contribution in [0.4, 0.5) is 0 Å². The van der Waals surface area contributed by atoms with Gasteiger partial charge >= 0.3 is 5.97 Å². The van der Waals surface area contributed by atoms with Crippen LogP contribution in [0.3, 0.4) is 0 Å². The van der Waals surface area contributed by atoms with Crippen LogP contribution in [0.1, 0.15) is 16.9 Å². The Kier molecular flexibility index (Phi) is 5.29. The van der Waals surface area contributed by atoms with Gasteiger partial charge in [0.2, 0.25) is 0 Å². The zero-order valence-corrected chi connectivity index (χ0v) is 15.7. The normalized spacial score (nSPS) is 11.4. The highest BCUT2D eigenvalue weighted by atomic mass is 16.5. The number of carbonyl (C=O) groups is 1. The van der Waals surface area contributed by atoms with E-state index in [-0.39, 0.29) is 12.3 Å². The van der Waals surface area contributed by atoms with Crippen molar-refractivity contribution in [3.05, 3.63) is 89.9 Å². The zero-order valence-electron chi connectivity index (χ0n) is 15.7. The van der Waals surface area contributed by atoms with E-state index in [1.54, 1.807) is 18.2 Å². The van der Waals surface area contributed by atoms with E-state index < -0.39 is 5.97 Å². The van der Waals surface area contributed by atoms with Gasteiger partial charge in [-0.05, 0) is 35.0 Å². The molecule has 0 fully saturated rings. The Bertz CT molecular complexity index is 1110. The van der Waals surface area contributed by atoms with Gasteiger partial charge in [-0.25, -0.2) is 4.79 Å². The molecule has 4 rings (SSSR count). The Morgan fingerprint density at radius 3 is 2.59 bits per heavy atom. The predicted molar refractivity (Wildman–Crippen MR) is 107 cm³/mol. The van der Waals surface area contributed by atoms with E-state index in [0.717, 1.165) is 16.7 Å². The van der Waals surface area contributed by atoms with Gasteiger partial charge in [0.15, 0.2) is 11.5 Å². The van der Waals surface area contributed by atoms with Crippen molar-refractivity contribution in [2.24, 2.45) is 0 Å². The van der Waals surface area contributed by atoms with Gasteiger partial charge in [0.25, 0.3) is 0 Å². The van der Waals surface area contributed by atoms with Crippen LogP contribution in [0.25, 0.3) is 23.2 Å². The molecule has 0 atom stereocenters. The van der Waals surface area contributed by atoms with Crippen molar-refractivity contribution in [2.75, 3.05) is 0 Å². The molecule has 7 heteroatoms. The summed E-state index contributed by atoms with van der Waals surface area (Å²) >= 11 is 0. The van der Waals surface area contributed by atoms with E-state index in [4.69, 9.17) is 9.15 Å². The molecule has 7 nitrogen and oxygen atoms in total. The second kappa shape index (κ2) is 8.35. The molecule has 0 saturated heterocycles. The van der Waals surface area contributed by atoms with E-state index >= 15 is 0 Å². The molecule has 0 bridgehead atoms. The Labute approximate surface area is 167 Å². The van der Waals surface area contributed by atoms with Crippen LogP contribution in [0.2, 0.25) is 0 Å². The molecule has 0 saturated carbocycles. The van der Waals surface area contributed by atoms with Crippen molar-refractivity contribution in [3.63, 3.8) is 0 Å². The maximum Gasteiger partial charge on any atom is 0.357 e. The number of esters is 1. The minimum atomic E-state index is -0.563. The second-order valence-electron chi connectivity index (χ2n) is 6.39. The van der Waals surface area contributed by atoms with E-state index in [1.165, 1.54) is 10.9 Å². The summed E-state index contributed by atoms with van der Waals surface area (Å²) in [6.45, 7) is 2.14. The van der Waals surface area contributed by atoms with Crippen LogP contribution in [0.15, 0.2) is 77.4 Å². The molecule has 0 amide bonds. The number of aromatic nitrogens is 4. The molecule has 0 spiro atoms. The van der Waals surface area contributed by atoms with Crippen LogP contribution in [-0.4, -0.2) is 26.2 Å². The Morgan fingerprint density at radius 1 is 1.07 bits per heavy atom. The largest absolute Gasteiger partial charge is 0.465 e. The lowest BCUT2D eigenvalue weighted by molar-refractivity contribution is -0.138. The third-order valence-corrected chi connectivity index (χ3v) is 4.25. The Morgan fingerprint density at radius 2 is 1.86 bits per heavy atom. The number of furan rings is 1. The Hall–Kier alpha value is -4.00. The van der Waals surface area contributed by atoms with E-state index in [2.05, 4.69) is 15.5 Å². The van der Waals surface area contributed by atoms with Gasteiger partial charge in [-0.3, -0.25) is 0 Å². The fourth-order valence-corrected chi connectivity index (χ4v) is 2.74. The number of ether oxygens (including phenoxy) is 1. The third kappa shape index (κ3) is 4.30. The fourth-order valence-electron chi connectivity index (χ4n) is 2.74. The van der Waals surface area contributed by atoms with Crippen molar-refractivity contribution in [1.82, 2.24) is 20.2 Å². The molecule has 0 aliphatic heterocycles. The van der Waals surface area contributed by atoms with Crippen LogP contribution < -0.4 is 0 Å². The SMILES string of the molecule is Cc1ccc(COC(=O)/C(=C/c2ccco2)n2nnnc2-c2ccccc2)cc1. The van der Waals surface area contributed by atoms with E-state index in [9.17, 15) is 4.79 Å². The third-order valence-electron chi connectivity index (χ3n) is 4.25. The van der Waals surface area contributed by atoms with Crippen LogP contribution >= 0.6 is 0 Å². The summed E-state index contributed by atoms with van der Waals surface area (Å²) in [6, 6.07) is 20.6. The summed E-state index contributed by atoms with van der Waals surface area (Å²) in [6.07, 6.45) is 3.08. The maximum absolute atomic E-state index is 12.9. The van der Waals surface area contributed by atoms with E-state index in [0.29, 0.717) is 11.6 Å². The van der Waals surface area contributed by atoms with Gasteiger partial charge in [0.1, 0.15) is 12.4 Å². The van der Waals surface area contributed by atoms with Gasteiger partial charge in [-0.1, -0.05) is 60.2 Å². The fraction of sp³-hybridized carbons (Fsp3) is 0.0909. The monoisotopic (exact) mass is 386 g/mol. The molecule has 144 valence electrons. The number of hydrogen-bond acceptors (Lipinski definition) is 6. The zero-order chi connectivity index (χ0) is 20.1. The highest BCUT2D eigenvalue weighted by molar-refractivity contribution is 6.15. The van der Waals surface area contributed by atoms with Gasteiger partial charge < -0.3 is 9.15 Å². The molecule has 2 aromatic heterocycles. The first-order valence-electron chi connectivity index (χ1n) is 9.03. The van der Waals surface area contributed by atoms with Crippen molar-refractivity contribution >= 4 is 17.7 Å². The minimum Gasteiger partial charge on any atom is -0.465 e. The molecule has 2 heterocycles. The van der Waals surface area contributed by atoms with E-state index in [1.807, 2.05) is 61.5 Å². The average molecular weight is 386 g/mol. The highest BCUT2D eigenvalue weighted by Crippen LogP contribution is 2.21. The number of aryl methyl sites for hydroxylation is 1. The number of hydrogen-bond donors (Lipinski definition) is 0. The number of tetrazole rings is 1. The summed E-state index contributed by atoms with van der Waals surface area (Å²) < 4.78 is 12.3. The standard InChI is InChI=1S/C22H18N4O3/c1-16-9-11-17(12-10-16)15-29-22(27)20(14-19-8-5-13-28-19)26-21(23-24-25-26)18-6-3-2-4-7-18/h2-14H,15H2,1H3/b20-14-. The number of nitrogens with zero attached hydrogens (tertiary/aromatic N) is 4. The molecule has 0 aliphatic rings. The van der Waals surface area contributed by atoms with Crippen molar-refractivity contribution in [3.8, 4) is 11.4 Å². The second-order valence-corrected chi connectivity index (χ2v) is 6.39. The molecule has 0 unspecified atom stereocenters. The molecular formula is C22H18N4O3. The number of carbonyl (C=O) groups excluding carboxylic acids is 1. The molecular weight excluding hydrogens is 368 g/mol. The lowest BCUT2D eigenvalue weighted by Crippen LogP contribution is -2.15. The lowest BCUT2D eigenvalue weighted by atomic mass is 10.2. The predicted octanol–water partition coefficient (Wildman–Crippen LogP) is 3.98. The van der Waals surface area contributed by atoms with Gasteiger partial charge in [0.05, 0.1) is 6.26 Å². The quantitative estimate of drug-likeness (QED) is 0.368. The first-order valence-corrected chi connectivity index (χ1v) is 9.03.